The number of anilines is 1. The minimum Gasteiger partial charge on any atom is -0.336 e. The van der Waals surface area contributed by atoms with Gasteiger partial charge in [0.2, 0.25) is 15.9 Å². The average Bonchev–Trinajstić information content (AvgIpc) is 2.61. The third kappa shape index (κ3) is 4.51. The molecule has 0 aliphatic carbocycles. The van der Waals surface area contributed by atoms with Gasteiger partial charge in [-0.05, 0) is 29.7 Å². The van der Waals surface area contributed by atoms with Gasteiger partial charge >= 0.3 is 0 Å². The number of carbonyl (C=O) groups excluding carboxylic acids is 1. The van der Waals surface area contributed by atoms with E-state index in [0.717, 1.165) is 22.5 Å². The summed E-state index contributed by atoms with van der Waals surface area (Å²) in [5, 5.41) is 0.466. The van der Waals surface area contributed by atoms with Crippen molar-refractivity contribution in [2.75, 3.05) is 23.7 Å². The first-order valence-electron chi connectivity index (χ1n) is 8.13. The molecular formula is C18H17Cl3N2O3S. The summed E-state index contributed by atoms with van der Waals surface area (Å²) < 4.78 is 25.6. The number of carbonyl (C=O) groups is 1. The van der Waals surface area contributed by atoms with E-state index in [1.165, 1.54) is 17.7 Å². The van der Waals surface area contributed by atoms with Crippen LogP contribution in [0.5, 0.6) is 0 Å². The molecule has 0 aromatic heterocycles. The van der Waals surface area contributed by atoms with Gasteiger partial charge < -0.3 is 4.90 Å². The van der Waals surface area contributed by atoms with Crippen molar-refractivity contribution >= 4 is 56.4 Å². The predicted molar refractivity (Wildman–Crippen MR) is 109 cm³/mol. The van der Waals surface area contributed by atoms with Crippen molar-refractivity contribution in [2.45, 2.75) is 13.0 Å². The first-order valence-corrected chi connectivity index (χ1v) is 11.1. The fourth-order valence-electron chi connectivity index (χ4n) is 3.02. The molecule has 5 nitrogen and oxygen atoms in total. The number of nitrogens with zero attached hydrogens (tertiary/aromatic N) is 2. The highest BCUT2D eigenvalue weighted by atomic mass is 35.5. The quantitative estimate of drug-likeness (QED) is 0.666. The molecule has 1 aliphatic heterocycles. The SMILES string of the molecule is CS(=O)(=O)N(CC(=O)N1CCc2ccccc2C1)c1cc(Cl)c(Cl)cc1Cl. The van der Waals surface area contributed by atoms with Gasteiger partial charge in [-0.3, -0.25) is 9.10 Å². The molecule has 2 aromatic rings. The van der Waals surface area contributed by atoms with E-state index in [-0.39, 0.29) is 33.2 Å². The van der Waals surface area contributed by atoms with Crippen LogP contribution >= 0.6 is 34.8 Å². The summed E-state index contributed by atoms with van der Waals surface area (Å²) in [4.78, 5) is 14.5. The highest BCUT2D eigenvalue weighted by Gasteiger charge is 2.28. The van der Waals surface area contributed by atoms with Crippen molar-refractivity contribution in [1.82, 2.24) is 4.90 Å². The van der Waals surface area contributed by atoms with Crippen LogP contribution < -0.4 is 4.31 Å². The molecule has 1 amide bonds. The van der Waals surface area contributed by atoms with Gasteiger partial charge in [0, 0.05) is 13.1 Å². The molecule has 0 bridgehead atoms. The maximum Gasteiger partial charge on any atom is 0.243 e. The summed E-state index contributed by atoms with van der Waals surface area (Å²) in [6.45, 7) is 0.614. The lowest BCUT2D eigenvalue weighted by atomic mass is 10.00. The zero-order chi connectivity index (χ0) is 19.8. The highest BCUT2D eigenvalue weighted by Crippen LogP contribution is 2.35. The van der Waals surface area contributed by atoms with E-state index in [1.807, 2.05) is 24.3 Å². The molecule has 27 heavy (non-hydrogen) atoms. The van der Waals surface area contributed by atoms with Crippen molar-refractivity contribution in [1.29, 1.82) is 0 Å². The Morgan fingerprint density at radius 2 is 1.70 bits per heavy atom. The molecule has 3 rings (SSSR count). The van der Waals surface area contributed by atoms with Gasteiger partial charge in [0.1, 0.15) is 6.54 Å². The van der Waals surface area contributed by atoms with Crippen LogP contribution in [-0.2, 0) is 27.8 Å². The topological polar surface area (TPSA) is 57.7 Å². The van der Waals surface area contributed by atoms with Crippen LogP contribution in [0.15, 0.2) is 36.4 Å². The summed E-state index contributed by atoms with van der Waals surface area (Å²) >= 11 is 18.1. The van der Waals surface area contributed by atoms with E-state index >= 15 is 0 Å². The lowest BCUT2D eigenvalue weighted by Crippen LogP contribution is -2.44. The molecule has 0 saturated heterocycles. The number of benzene rings is 2. The molecule has 0 saturated carbocycles. The summed E-state index contributed by atoms with van der Waals surface area (Å²) in [5.74, 6) is -0.308. The van der Waals surface area contributed by atoms with Crippen LogP contribution in [-0.4, -0.2) is 38.6 Å². The largest absolute Gasteiger partial charge is 0.336 e. The summed E-state index contributed by atoms with van der Waals surface area (Å²) in [6, 6.07) is 10.6. The Morgan fingerprint density at radius 1 is 1.07 bits per heavy atom. The van der Waals surface area contributed by atoms with Gasteiger partial charge in [0.15, 0.2) is 0 Å². The van der Waals surface area contributed by atoms with Gasteiger partial charge in [0.05, 0.1) is 27.0 Å². The highest BCUT2D eigenvalue weighted by molar-refractivity contribution is 7.92. The second-order valence-electron chi connectivity index (χ2n) is 6.32. The van der Waals surface area contributed by atoms with Crippen molar-refractivity contribution in [3.05, 3.63) is 62.6 Å². The summed E-state index contributed by atoms with van der Waals surface area (Å²) in [6.07, 6.45) is 1.75. The zero-order valence-electron chi connectivity index (χ0n) is 14.5. The van der Waals surface area contributed by atoms with Gasteiger partial charge in [-0.2, -0.15) is 0 Å². The number of sulfonamides is 1. The van der Waals surface area contributed by atoms with Crippen molar-refractivity contribution in [3.63, 3.8) is 0 Å². The predicted octanol–water partition coefficient (Wildman–Crippen LogP) is 4.00. The number of amides is 1. The Bertz CT molecular complexity index is 995. The maximum absolute atomic E-state index is 12.8. The fraction of sp³-hybridized carbons (Fsp3) is 0.278. The Kier molecular flexibility index (Phi) is 5.91. The number of rotatable bonds is 4. The Balaban J connectivity index is 1.86. The molecule has 2 aromatic carbocycles. The van der Waals surface area contributed by atoms with Crippen molar-refractivity contribution < 1.29 is 13.2 Å². The second kappa shape index (κ2) is 7.87. The minimum atomic E-state index is -3.76. The van der Waals surface area contributed by atoms with Gasteiger partial charge in [-0.1, -0.05) is 59.1 Å². The van der Waals surface area contributed by atoms with E-state index in [1.54, 1.807) is 4.90 Å². The van der Waals surface area contributed by atoms with Gasteiger partial charge in [-0.25, -0.2) is 8.42 Å². The number of hydrogen-bond donors (Lipinski definition) is 0. The van der Waals surface area contributed by atoms with E-state index in [2.05, 4.69) is 0 Å². The monoisotopic (exact) mass is 446 g/mol. The Hall–Kier alpha value is -1.47. The molecule has 1 heterocycles. The fourth-order valence-corrected chi connectivity index (χ4v) is 4.56. The van der Waals surface area contributed by atoms with E-state index in [0.29, 0.717) is 13.1 Å². The number of halogens is 3. The van der Waals surface area contributed by atoms with Crippen LogP contribution in [0.4, 0.5) is 5.69 Å². The Labute approximate surface area is 173 Å². The maximum atomic E-state index is 12.8. The van der Waals surface area contributed by atoms with Gasteiger partial charge in [-0.15, -0.1) is 0 Å². The molecular weight excluding hydrogens is 431 g/mol. The van der Waals surface area contributed by atoms with Crippen molar-refractivity contribution in [3.8, 4) is 0 Å². The molecule has 0 N–H and O–H groups in total. The molecule has 0 unspecified atom stereocenters. The van der Waals surface area contributed by atoms with E-state index in [9.17, 15) is 13.2 Å². The Morgan fingerprint density at radius 3 is 2.37 bits per heavy atom. The molecule has 144 valence electrons. The molecule has 1 aliphatic rings. The standard InChI is InChI=1S/C18H17Cl3N2O3S/c1-27(25,26)23(17-9-15(20)14(19)8-16(17)21)11-18(24)22-7-6-12-4-2-3-5-13(12)10-22/h2-5,8-9H,6-7,10-11H2,1H3. The normalized spacial score (nSPS) is 14.0. The average molecular weight is 448 g/mol. The molecule has 0 spiro atoms. The van der Waals surface area contributed by atoms with Crippen LogP contribution in [0.2, 0.25) is 15.1 Å². The lowest BCUT2D eigenvalue weighted by Gasteiger charge is -2.31. The molecule has 0 fully saturated rings. The number of hydrogen-bond acceptors (Lipinski definition) is 3. The third-order valence-corrected chi connectivity index (χ3v) is 6.57. The first kappa shape index (κ1) is 20.3. The first-order chi connectivity index (χ1) is 12.7. The minimum absolute atomic E-state index is 0.103. The van der Waals surface area contributed by atoms with Crippen LogP contribution in [0.3, 0.4) is 0 Å². The van der Waals surface area contributed by atoms with Crippen molar-refractivity contribution in [2.24, 2.45) is 0 Å². The smallest absolute Gasteiger partial charge is 0.243 e. The second-order valence-corrected chi connectivity index (χ2v) is 9.45. The molecule has 9 heteroatoms. The van der Waals surface area contributed by atoms with E-state index in [4.69, 9.17) is 34.8 Å². The summed E-state index contributed by atoms with van der Waals surface area (Å²) in [5.41, 5.74) is 2.39. The summed E-state index contributed by atoms with van der Waals surface area (Å²) in [7, 11) is -3.76. The van der Waals surface area contributed by atoms with Gasteiger partial charge in [0.25, 0.3) is 0 Å². The van der Waals surface area contributed by atoms with Crippen LogP contribution in [0.25, 0.3) is 0 Å². The molecule has 0 atom stereocenters. The zero-order valence-corrected chi connectivity index (χ0v) is 17.5. The number of fused-ring (bicyclic) bond motifs is 1. The molecule has 0 radical (unpaired) electrons. The lowest BCUT2D eigenvalue weighted by molar-refractivity contribution is -0.130. The third-order valence-electron chi connectivity index (χ3n) is 4.42. The van der Waals surface area contributed by atoms with E-state index < -0.39 is 10.0 Å². The van der Waals surface area contributed by atoms with Crippen LogP contribution in [0.1, 0.15) is 11.1 Å². The van der Waals surface area contributed by atoms with Crippen LogP contribution in [0, 0.1) is 0 Å².